The van der Waals surface area contributed by atoms with Gasteiger partial charge in [-0.15, -0.1) is 0 Å². The van der Waals surface area contributed by atoms with Gasteiger partial charge in [0.1, 0.15) is 12.7 Å². The van der Waals surface area contributed by atoms with E-state index in [0.29, 0.717) is 6.61 Å². The molecule has 0 N–H and O–H groups in total. The van der Waals surface area contributed by atoms with E-state index in [1.54, 1.807) is 0 Å². The van der Waals surface area contributed by atoms with E-state index in [1.165, 1.54) is 0 Å². The van der Waals surface area contributed by atoms with Crippen molar-refractivity contribution in [3.05, 3.63) is 0 Å². The Morgan fingerprint density at radius 2 is 2.62 bits per heavy atom. The molecule has 8 heavy (non-hydrogen) atoms. The van der Waals surface area contributed by atoms with Gasteiger partial charge < -0.3 is 9.47 Å². The Kier molecular flexibility index (Phi) is 1.93. The van der Waals surface area contributed by atoms with E-state index in [4.69, 9.17) is 0 Å². The molecule has 46 valence electrons. The molecule has 1 aliphatic rings. The summed E-state index contributed by atoms with van der Waals surface area (Å²) >= 11 is 2.14. The van der Waals surface area contributed by atoms with E-state index < -0.39 is 6.16 Å². The molecule has 1 heterocycles. The molecule has 0 bridgehead atoms. The number of hydrogen-bond acceptors (Lipinski definition) is 3. The summed E-state index contributed by atoms with van der Waals surface area (Å²) in [7, 11) is 0. The molecular weight excluding hydrogens is 223 g/mol. The largest absolute Gasteiger partial charge is 0.508 e. The minimum atomic E-state index is -0.535. The maximum Gasteiger partial charge on any atom is 0.508 e. The van der Waals surface area contributed by atoms with E-state index >= 15 is 0 Å². The van der Waals surface area contributed by atoms with Crippen LogP contribution in [0, 0.1) is 0 Å². The Balaban J connectivity index is 2.32. The highest BCUT2D eigenvalue weighted by atomic mass is 127. The van der Waals surface area contributed by atoms with Crippen molar-refractivity contribution in [2.75, 3.05) is 11.0 Å². The molecule has 1 fully saturated rings. The Hall–Kier alpha value is -0.0000000000000000555. The smallest absolute Gasteiger partial charge is 0.430 e. The monoisotopic (exact) mass is 228 g/mol. The highest BCUT2D eigenvalue weighted by molar-refractivity contribution is 14.1. The maximum absolute atomic E-state index is 10.2. The lowest BCUT2D eigenvalue weighted by Gasteiger charge is -1.95. The van der Waals surface area contributed by atoms with Crippen LogP contribution < -0.4 is 0 Å². The first-order valence-corrected chi connectivity index (χ1v) is 3.75. The zero-order chi connectivity index (χ0) is 5.98. The summed E-state index contributed by atoms with van der Waals surface area (Å²) in [5.41, 5.74) is 0. The number of carbonyl (C=O) groups excluding carboxylic acids is 1. The molecule has 1 aliphatic heterocycles. The molecule has 0 aromatic rings. The molecule has 1 saturated heterocycles. The molecule has 0 spiro atoms. The first-order chi connectivity index (χ1) is 3.83. The van der Waals surface area contributed by atoms with Gasteiger partial charge in [0.2, 0.25) is 0 Å². The van der Waals surface area contributed by atoms with Gasteiger partial charge in [0.25, 0.3) is 0 Å². The molecule has 0 unspecified atom stereocenters. The summed E-state index contributed by atoms with van der Waals surface area (Å²) < 4.78 is 9.94. The van der Waals surface area contributed by atoms with Crippen LogP contribution in [-0.2, 0) is 9.47 Å². The number of rotatable bonds is 1. The van der Waals surface area contributed by atoms with Crippen molar-refractivity contribution < 1.29 is 14.3 Å². The zero-order valence-electron chi connectivity index (χ0n) is 4.09. The summed E-state index contributed by atoms with van der Waals surface area (Å²) in [5, 5.41) is 0. The van der Waals surface area contributed by atoms with Gasteiger partial charge in [0.05, 0.1) is 0 Å². The average molecular weight is 228 g/mol. The van der Waals surface area contributed by atoms with Crippen LogP contribution in [-0.4, -0.2) is 23.3 Å². The van der Waals surface area contributed by atoms with Crippen LogP contribution in [0.1, 0.15) is 0 Å². The zero-order valence-corrected chi connectivity index (χ0v) is 6.25. The molecule has 1 atom stereocenters. The van der Waals surface area contributed by atoms with Gasteiger partial charge in [-0.05, 0) is 0 Å². The summed E-state index contributed by atoms with van der Waals surface area (Å²) in [5.74, 6) is 0. The Bertz CT molecular complexity index is 103. The highest BCUT2D eigenvalue weighted by Gasteiger charge is 2.22. The number of cyclic esters (lactones) is 2. The van der Waals surface area contributed by atoms with Crippen LogP contribution >= 0.6 is 22.6 Å². The summed E-state index contributed by atoms with van der Waals surface area (Å²) in [6.07, 6.45) is -0.547. The first-order valence-electron chi connectivity index (χ1n) is 2.22. The number of ether oxygens (including phenoxy) is 2. The molecule has 0 saturated carbocycles. The standard InChI is InChI=1S/C4H5IO3/c5-1-3-2-7-4(6)8-3/h3H,1-2H2/t3-/m1/s1. The Morgan fingerprint density at radius 3 is 2.88 bits per heavy atom. The fourth-order valence-electron chi connectivity index (χ4n) is 0.441. The number of halogens is 1. The van der Waals surface area contributed by atoms with E-state index in [-0.39, 0.29) is 6.10 Å². The molecule has 0 aromatic heterocycles. The van der Waals surface area contributed by atoms with Crippen LogP contribution in [0.25, 0.3) is 0 Å². The fraction of sp³-hybridized carbons (Fsp3) is 0.750. The molecule has 3 nitrogen and oxygen atoms in total. The maximum atomic E-state index is 10.2. The molecule has 0 aliphatic carbocycles. The second-order valence-electron chi connectivity index (χ2n) is 1.46. The van der Waals surface area contributed by atoms with E-state index in [9.17, 15) is 4.79 Å². The molecule has 0 amide bonds. The van der Waals surface area contributed by atoms with Gasteiger partial charge in [0, 0.05) is 4.43 Å². The number of hydrogen-bond donors (Lipinski definition) is 0. The van der Waals surface area contributed by atoms with Crippen molar-refractivity contribution in [1.29, 1.82) is 0 Å². The molecule has 4 heteroatoms. The minimum absolute atomic E-state index is 0.0110. The second kappa shape index (κ2) is 2.52. The van der Waals surface area contributed by atoms with Crippen molar-refractivity contribution in [3.63, 3.8) is 0 Å². The van der Waals surface area contributed by atoms with Crippen LogP contribution in [0.4, 0.5) is 4.79 Å². The summed E-state index contributed by atoms with van der Waals surface area (Å²) in [4.78, 5) is 10.2. The minimum Gasteiger partial charge on any atom is -0.430 e. The van der Waals surface area contributed by atoms with E-state index in [2.05, 4.69) is 32.1 Å². The predicted octanol–water partition coefficient (Wildman–Crippen LogP) is 0.957. The Labute approximate surface area is 60.5 Å². The van der Waals surface area contributed by atoms with Gasteiger partial charge in [-0.3, -0.25) is 0 Å². The lowest BCUT2D eigenvalue weighted by atomic mass is 10.5. The quantitative estimate of drug-likeness (QED) is 0.381. The lowest BCUT2D eigenvalue weighted by molar-refractivity contribution is 0.122. The third kappa shape index (κ3) is 1.24. The van der Waals surface area contributed by atoms with Crippen molar-refractivity contribution in [3.8, 4) is 0 Å². The third-order valence-corrected chi connectivity index (χ3v) is 1.80. The third-order valence-electron chi connectivity index (χ3n) is 0.822. The fourth-order valence-corrected chi connectivity index (χ4v) is 0.875. The predicted molar refractivity (Wildman–Crippen MR) is 35.1 cm³/mol. The number of carbonyl (C=O) groups is 1. The molecule has 1 rings (SSSR count). The van der Waals surface area contributed by atoms with Crippen molar-refractivity contribution in [1.82, 2.24) is 0 Å². The SMILES string of the molecule is O=C1OC[C@@H](CI)O1. The first kappa shape index (κ1) is 6.12. The van der Waals surface area contributed by atoms with Crippen LogP contribution in [0.3, 0.4) is 0 Å². The van der Waals surface area contributed by atoms with Gasteiger partial charge in [-0.25, -0.2) is 4.79 Å². The lowest BCUT2D eigenvalue weighted by Crippen LogP contribution is -2.10. The van der Waals surface area contributed by atoms with Gasteiger partial charge in [-0.1, -0.05) is 22.6 Å². The van der Waals surface area contributed by atoms with Crippen LogP contribution in [0.15, 0.2) is 0 Å². The van der Waals surface area contributed by atoms with Gasteiger partial charge in [-0.2, -0.15) is 0 Å². The van der Waals surface area contributed by atoms with Crippen LogP contribution in [0.2, 0.25) is 0 Å². The van der Waals surface area contributed by atoms with Crippen molar-refractivity contribution in [2.45, 2.75) is 6.10 Å². The summed E-state index contributed by atoms with van der Waals surface area (Å²) in [6, 6.07) is 0. The van der Waals surface area contributed by atoms with Gasteiger partial charge in [0.15, 0.2) is 0 Å². The topological polar surface area (TPSA) is 35.5 Å². The van der Waals surface area contributed by atoms with Crippen molar-refractivity contribution in [2.24, 2.45) is 0 Å². The molecule has 0 aromatic carbocycles. The normalized spacial score (nSPS) is 27.1. The molecule has 0 radical (unpaired) electrons. The van der Waals surface area contributed by atoms with E-state index in [1.807, 2.05) is 0 Å². The summed E-state index contributed by atoms with van der Waals surface area (Å²) in [6.45, 7) is 0.418. The Morgan fingerprint density at radius 1 is 1.88 bits per heavy atom. The van der Waals surface area contributed by atoms with Gasteiger partial charge >= 0.3 is 6.16 Å². The molecular formula is C4H5IO3. The highest BCUT2D eigenvalue weighted by Crippen LogP contribution is 2.07. The van der Waals surface area contributed by atoms with Crippen LogP contribution in [0.5, 0.6) is 0 Å². The van der Waals surface area contributed by atoms with Crippen molar-refractivity contribution >= 4 is 28.7 Å². The average Bonchev–Trinajstić information content (AvgIpc) is 2.14. The van der Waals surface area contributed by atoms with E-state index in [0.717, 1.165) is 4.43 Å². The second-order valence-corrected chi connectivity index (χ2v) is 2.34. The number of alkyl halides is 1.